The van der Waals surface area contributed by atoms with Crippen LogP contribution in [0.1, 0.15) is 5.56 Å². The third-order valence-corrected chi connectivity index (χ3v) is 3.29. The lowest BCUT2D eigenvalue weighted by Crippen LogP contribution is -1.92. The molecule has 1 heterocycles. The first-order valence-electron chi connectivity index (χ1n) is 2.86. The second-order valence-electron chi connectivity index (χ2n) is 2.24. The zero-order valence-corrected chi connectivity index (χ0v) is 6.06. The summed E-state index contributed by atoms with van der Waals surface area (Å²) in [6.45, 7) is 1.99. The summed E-state index contributed by atoms with van der Waals surface area (Å²) in [5, 5.41) is 2.04. The lowest BCUT2D eigenvalue weighted by Gasteiger charge is -1.80. The summed E-state index contributed by atoms with van der Waals surface area (Å²) in [7, 11) is -1.42. The number of fused-ring (bicyclic) bond motifs is 1. The van der Waals surface area contributed by atoms with Crippen molar-refractivity contribution in [2.75, 3.05) is 0 Å². The number of aryl methyl sites for hydroxylation is 1. The van der Waals surface area contributed by atoms with Crippen LogP contribution in [0.4, 0.5) is 0 Å². The monoisotopic (exact) mass is 137 g/mol. The minimum atomic E-state index is -1.42. The molecule has 0 amide bonds. The number of benzene rings is 1. The lowest BCUT2D eigenvalue weighted by molar-refractivity contribution is 0.601. The van der Waals surface area contributed by atoms with Crippen molar-refractivity contribution in [1.82, 2.24) is 0 Å². The summed E-state index contributed by atoms with van der Waals surface area (Å²) in [5.74, 6) is 0. The fourth-order valence-electron chi connectivity index (χ4n) is 1.02. The van der Waals surface area contributed by atoms with Gasteiger partial charge in [0, 0.05) is 10.6 Å². The van der Waals surface area contributed by atoms with E-state index >= 15 is 0 Å². The van der Waals surface area contributed by atoms with Gasteiger partial charge in [0.05, 0.1) is 0 Å². The van der Waals surface area contributed by atoms with Gasteiger partial charge < -0.3 is 4.57 Å². The van der Waals surface area contributed by atoms with Gasteiger partial charge in [-0.2, -0.15) is 0 Å². The maximum absolute atomic E-state index is 10.9. The highest BCUT2D eigenvalue weighted by Crippen LogP contribution is 2.33. The number of rotatable bonds is 0. The van der Waals surface area contributed by atoms with Gasteiger partial charge in [0.15, 0.2) is 0 Å². The fourth-order valence-corrected chi connectivity index (χ4v) is 2.44. The molecule has 45 valence electrons. The smallest absolute Gasteiger partial charge is 0.134 e. The summed E-state index contributed by atoms with van der Waals surface area (Å²) >= 11 is 0. The summed E-state index contributed by atoms with van der Waals surface area (Å²) in [6.07, 6.45) is 0. The van der Waals surface area contributed by atoms with Crippen LogP contribution >= 0.6 is 7.80 Å². The van der Waals surface area contributed by atoms with Gasteiger partial charge in [0.1, 0.15) is 7.80 Å². The fraction of sp³-hybridized carbons (Fsp3) is 0.143. The molecule has 9 heavy (non-hydrogen) atoms. The zero-order valence-electron chi connectivity index (χ0n) is 5.06. The van der Waals surface area contributed by atoms with E-state index in [9.17, 15) is 4.57 Å². The van der Waals surface area contributed by atoms with Gasteiger partial charge in [-0.05, 0) is 18.6 Å². The van der Waals surface area contributed by atoms with E-state index in [4.69, 9.17) is 0 Å². The Morgan fingerprint density at radius 1 is 1.67 bits per heavy atom. The molecule has 1 nitrogen and oxygen atoms in total. The first kappa shape index (κ1) is 5.25. The highest BCUT2D eigenvalue weighted by molar-refractivity contribution is 7.73. The molecule has 1 aliphatic heterocycles. The van der Waals surface area contributed by atoms with Crippen LogP contribution < -0.4 is 10.6 Å². The molecule has 2 rings (SSSR count). The molecule has 1 unspecified atom stereocenters. The number of hydrogen-bond donors (Lipinski definition) is 0. The quantitative estimate of drug-likeness (QED) is 0.486. The molecule has 1 atom stereocenters. The van der Waals surface area contributed by atoms with Crippen molar-refractivity contribution in [3.05, 3.63) is 23.8 Å². The van der Waals surface area contributed by atoms with Crippen molar-refractivity contribution < 1.29 is 4.57 Å². The van der Waals surface area contributed by atoms with Gasteiger partial charge in [-0.25, -0.2) is 0 Å². The molecule has 0 aliphatic carbocycles. The van der Waals surface area contributed by atoms with Gasteiger partial charge in [0.2, 0.25) is 0 Å². The molecule has 1 aromatic carbocycles. The van der Waals surface area contributed by atoms with Crippen LogP contribution in [0.2, 0.25) is 0 Å². The Kier molecular flexibility index (Phi) is 0.866. The number of hydrogen-bond acceptors (Lipinski definition) is 1. The Hall–Kier alpha value is -0.550. The van der Waals surface area contributed by atoms with Crippen molar-refractivity contribution in [2.24, 2.45) is 0 Å². The predicted octanol–water partition coefficient (Wildman–Crippen LogP) is 0.619. The van der Waals surface area contributed by atoms with E-state index in [0.717, 1.165) is 16.2 Å². The van der Waals surface area contributed by atoms with Crippen molar-refractivity contribution in [1.29, 1.82) is 0 Å². The van der Waals surface area contributed by atoms with E-state index in [1.807, 2.05) is 19.1 Å². The summed E-state index contributed by atoms with van der Waals surface area (Å²) in [4.78, 5) is 0. The minimum absolute atomic E-state index is 0.972. The molecule has 0 spiro atoms. The van der Waals surface area contributed by atoms with E-state index in [1.54, 1.807) is 0 Å². The van der Waals surface area contributed by atoms with Gasteiger partial charge in [-0.3, -0.25) is 0 Å². The largest absolute Gasteiger partial charge is 0.317 e. The molecule has 0 aromatic heterocycles. The molecule has 1 aromatic rings. The Morgan fingerprint density at radius 2 is 2.44 bits per heavy atom. The molecule has 0 N–H and O–H groups in total. The van der Waals surface area contributed by atoms with Crippen LogP contribution in [0.5, 0.6) is 0 Å². The lowest BCUT2D eigenvalue weighted by atomic mass is 10.2. The Bertz CT molecular complexity index is 291. The van der Waals surface area contributed by atoms with Crippen molar-refractivity contribution in [3.8, 4) is 0 Å². The van der Waals surface area contributed by atoms with E-state index in [-0.39, 0.29) is 0 Å². The second kappa shape index (κ2) is 1.48. The van der Waals surface area contributed by atoms with Crippen LogP contribution in [0.15, 0.2) is 12.1 Å². The van der Waals surface area contributed by atoms with Crippen LogP contribution in [0.3, 0.4) is 0 Å². The van der Waals surface area contributed by atoms with E-state index in [1.165, 1.54) is 0 Å². The topological polar surface area (TPSA) is 17.1 Å². The molecule has 1 radical (unpaired) electrons. The van der Waals surface area contributed by atoms with Gasteiger partial charge in [-0.15, -0.1) is 0 Å². The highest BCUT2D eigenvalue weighted by atomic mass is 31.1. The molecule has 1 aliphatic rings. The average molecular weight is 137 g/mol. The molecule has 0 saturated carbocycles. The van der Waals surface area contributed by atoms with Gasteiger partial charge >= 0.3 is 0 Å². The maximum Gasteiger partial charge on any atom is 0.134 e. The standard InChI is InChI=1S/C7H6OP/c1-5-3-2-4-6-7(5)9(6)8/h2-3,9H,1H3. The Labute approximate surface area is 54.5 Å². The second-order valence-corrected chi connectivity index (χ2v) is 3.90. The molecular weight excluding hydrogens is 131 g/mol. The van der Waals surface area contributed by atoms with Crippen molar-refractivity contribution in [2.45, 2.75) is 6.92 Å². The third-order valence-electron chi connectivity index (χ3n) is 1.60. The van der Waals surface area contributed by atoms with Crippen molar-refractivity contribution >= 4 is 18.4 Å². The first-order chi connectivity index (χ1) is 4.30. The summed E-state index contributed by atoms with van der Waals surface area (Å²) in [5.41, 5.74) is 1.16. The molecular formula is C7H6OP. The molecule has 2 heteroatoms. The third kappa shape index (κ3) is 0.585. The SMILES string of the molecule is Cc1cc[c]c2c1[PH]2=O. The van der Waals surface area contributed by atoms with E-state index in [2.05, 4.69) is 6.07 Å². The first-order valence-corrected chi connectivity index (χ1v) is 4.27. The van der Waals surface area contributed by atoms with Crippen molar-refractivity contribution in [3.63, 3.8) is 0 Å². The highest BCUT2D eigenvalue weighted by Gasteiger charge is 2.28. The summed E-state index contributed by atoms with van der Waals surface area (Å²) in [6, 6.07) is 6.74. The predicted molar refractivity (Wildman–Crippen MR) is 38.3 cm³/mol. The van der Waals surface area contributed by atoms with Crippen LogP contribution in [-0.4, -0.2) is 0 Å². The van der Waals surface area contributed by atoms with E-state index in [0.29, 0.717) is 0 Å². The Morgan fingerprint density at radius 3 is 3.00 bits per heavy atom. The van der Waals surface area contributed by atoms with Gasteiger partial charge in [0.25, 0.3) is 0 Å². The van der Waals surface area contributed by atoms with Crippen LogP contribution in [-0.2, 0) is 4.57 Å². The average Bonchev–Trinajstić information content (AvgIpc) is 2.45. The molecule has 0 fully saturated rings. The zero-order chi connectivity index (χ0) is 6.43. The Balaban J connectivity index is 2.74. The normalized spacial score (nSPS) is 21.2. The molecule has 0 saturated heterocycles. The summed E-state index contributed by atoms with van der Waals surface area (Å²) < 4.78 is 10.9. The van der Waals surface area contributed by atoms with Crippen LogP contribution in [0, 0.1) is 13.0 Å². The van der Waals surface area contributed by atoms with Crippen LogP contribution in [0.25, 0.3) is 0 Å². The van der Waals surface area contributed by atoms with E-state index < -0.39 is 7.80 Å². The molecule has 0 bridgehead atoms. The minimum Gasteiger partial charge on any atom is -0.317 e. The maximum atomic E-state index is 10.9. The van der Waals surface area contributed by atoms with Gasteiger partial charge in [-0.1, -0.05) is 12.1 Å².